The molecule has 20 heavy (non-hydrogen) atoms. The molecule has 0 radical (unpaired) electrons. The average Bonchev–Trinajstić information content (AvgIpc) is 2.84. The van der Waals surface area contributed by atoms with Crippen LogP contribution in [0.5, 0.6) is 0 Å². The Morgan fingerprint density at radius 3 is 2.60 bits per heavy atom. The Labute approximate surface area is 120 Å². The third-order valence-electron chi connectivity index (χ3n) is 2.60. The molecule has 116 valence electrons. The van der Waals surface area contributed by atoms with Crippen LogP contribution in [0.15, 0.2) is 21.6 Å². The van der Waals surface area contributed by atoms with Crippen LogP contribution in [0.2, 0.25) is 0 Å². The largest absolute Gasteiger partial charge is 0.447 e. The molecule has 1 rings (SSSR count). The summed E-state index contributed by atoms with van der Waals surface area (Å²) in [5.74, 6) is 0.594. The van der Waals surface area contributed by atoms with Crippen LogP contribution in [0.3, 0.4) is 0 Å². The molecule has 0 amide bonds. The van der Waals surface area contributed by atoms with Gasteiger partial charge in [0.1, 0.15) is 5.76 Å². The lowest BCUT2D eigenvalue weighted by molar-refractivity contribution is 0.0799. The van der Waals surface area contributed by atoms with E-state index in [1.54, 1.807) is 6.07 Å². The smallest absolute Gasteiger partial charge is 0.274 e. The van der Waals surface area contributed by atoms with E-state index in [-0.39, 0.29) is 17.7 Å². The van der Waals surface area contributed by atoms with Gasteiger partial charge in [-0.3, -0.25) is 0 Å². The van der Waals surface area contributed by atoms with Crippen molar-refractivity contribution in [1.82, 2.24) is 10.0 Å². The summed E-state index contributed by atoms with van der Waals surface area (Å²) in [4.78, 5) is 0. The van der Waals surface area contributed by atoms with Crippen molar-refractivity contribution in [2.45, 2.75) is 51.5 Å². The van der Waals surface area contributed by atoms with Gasteiger partial charge in [0.25, 0.3) is 10.0 Å². The molecule has 0 bridgehead atoms. The first kappa shape index (κ1) is 17.2. The van der Waals surface area contributed by atoms with Crippen LogP contribution in [0.4, 0.5) is 0 Å². The van der Waals surface area contributed by atoms with Crippen molar-refractivity contribution in [2.75, 3.05) is 13.2 Å². The highest BCUT2D eigenvalue weighted by atomic mass is 32.2. The fourth-order valence-corrected chi connectivity index (χ4v) is 2.60. The van der Waals surface area contributed by atoms with Crippen LogP contribution in [0, 0.1) is 0 Å². The van der Waals surface area contributed by atoms with E-state index in [9.17, 15) is 8.42 Å². The molecule has 1 heterocycles. The summed E-state index contributed by atoms with van der Waals surface area (Å²) in [5.41, 5.74) is 0. The van der Waals surface area contributed by atoms with E-state index < -0.39 is 10.0 Å². The summed E-state index contributed by atoms with van der Waals surface area (Å²) in [6, 6.07) is 3.44. The normalized spacial score (nSPS) is 13.8. The molecule has 0 saturated heterocycles. The van der Waals surface area contributed by atoms with Gasteiger partial charge < -0.3 is 14.5 Å². The first-order valence-electron chi connectivity index (χ1n) is 6.78. The second kappa shape index (κ2) is 7.78. The maximum absolute atomic E-state index is 12.0. The van der Waals surface area contributed by atoms with Gasteiger partial charge in [-0.1, -0.05) is 13.8 Å². The van der Waals surface area contributed by atoms with Gasteiger partial charge in [-0.15, -0.1) is 0 Å². The van der Waals surface area contributed by atoms with Crippen LogP contribution in [0.25, 0.3) is 0 Å². The van der Waals surface area contributed by atoms with Gasteiger partial charge in [0.05, 0.1) is 12.6 Å². The zero-order chi connectivity index (χ0) is 15.2. The first-order chi connectivity index (χ1) is 9.35. The molecule has 0 aliphatic heterocycles. The molecule has 1 atom stereocenters. The highest BCUT2D eigenvalue weighted by Gasteiger charge is 2.19. The van der Waals surface area contributed by atoms with Gasteiger partial charge in [-0.05, 0) is 26.0 Å². The number of rotatable bonds is 9. The summed E-state index contributed by atoms with van der Waals surface area (Å²) in [5, 5.41) is 3.10. The predicted molar refractivity (Wildman–Crippen MR) is 77.0 cm³/mol. The second-order valence-electron chi connectivity index (χ2n) is 4.87. The van der Waals surface area contributed by atoms with Crippen LogP contribution in [-0.4, -0.2) is 33.7 Å². The number of hydrogen-bond acceptors (Lipinski definition) is 5. The monoisotopic (exact) mass is 304 g/mol. The minimum atomic E-state index is -3.62. The Morgan fingerprint density at radius 1 is 1.30 bits per heavy atom. The number of ether oxygens (including phenoxy) is 1. The van der Waals surface area contributed by atoms with E-state index >= 15 is 0 Å². The summed E-state index contributed by atoms with van der Waals surface area (Å²) in [6.45, 7) is 8.97. The lowest BCUT2D eigenvalue weighted by Crippen LogP contribution is -2.32. The highest BCUT2D eigenvalue weighted by molar-refractivity contribution is 7.89. The standard InChI is InChI=1S/C13H24N2O4S/c1-5-18-11(4)8-15-20(16,17)13-7-6-12(19-13)9-14-10(2)3/h6-7,10-11,14-15H,5,8-9H2,1-4H3. The molecule has 0 aliphatic carbocycles. The number of nitrogens with one attached hydrogen (secondary N) is 2. The van der Waals surface area contributed by atoms with E-state index in [1.807, 2.05) is 27.7 Å². The third kappa shape index (κ3) is 5.62. The van der Waals surface area contributed by atoms with E-state index in [2.05, 4.69) is 10.0 Å². The fraction of sp³-hybridized carbons (Fsp3) is 0.692. The Kier molecular flexibility index (Phi) is 6.67. The molecule has 1 aromatic heterocycles. The summed E-state index contributed by atoms with van der Waals surface area (Å²) in [7, 11) is -3.62. The van der Waals surface area contributed by atoms with Crippen LogP contribution < -0.4 is 10.0 Å². The highest BCUT2D eigenvalue weighted by Crippen LogP contribution is 2.13. The van der Waals surface area contributed by atoms with E-state index in [0.29, 0.717) is 25.0 Å². The minimum Gasteiger partial charge on any atom is -0.447 e. The Morgan fingerprint density at radius 2 is 2.00 bits per heavy atom. The Hall–Kier alpha value is -0.890. The maximum atomic E-state index is 12.0. The van der Waals surface area contributed by atoms with Crippen molar-refractivity contribution in [3.05, 3.63) is 17.9 Å². The van der Waals surface area contributed by atoms with Crippen molar-refractivity contribution in [3.8, 4) is 0 Å². The summed E-state index contributed by atoms with van der Waals surface area (Å²) < 4.78 is 37.1. The van der Waals surface area contributed by atoms with Crippen LogP contribution in [-0.2, 0) is 21.3 Å². The summed E-state index contributed by atoms with van der Waals surface area (Å²) in [6.07, 6.45) is -0.174. The Balaban J connectivity index is 2.59. The molecule has 0 fully saturated rings. The van der Waals surface area contributed by atoms with Crippen LogP contribution in [0.1, 0.15) is 33.5 Å². The molecule has 6 nitrogen and oxygen atoms in total. The lowest BCUT2D eigenvalue weighted by Gasteiger charge is -2.11. The quantitative estimate of drug-likeness (QED) is 0.722. The van der Waals surface area contributed by atoms with Gasteiger partial charge in [0.15, 0.2) is 0 Å². The number of hydrogen-bond donors (Lipinski definition) is 2. The van der Waals surface area contributed by atoms with Gasteiger partial charge in [0.2, 0.25) is 5.09 Å². The zero-order valence-electron chi connectivity index (χ0n) is 12.5. The fourth-order valence-electron chi connectivity index (χ4n) is 1.54. The molecule has 0 aromatic carbocycles. The van der Waals surface area contributed by atoms with Gasteiger partial charge in [0, 0.05) is 19.2 Å². The molecule has 1 unspecified atom stereocenters. The van der Waals surface area contributed by atoms with Crippen molar-refractivity contribution < 1.29 is 17.6 Å². The van der Waals surface area contributed by atoms with Crippen molar-refractivity contribution in [1.29, 1.82) is 0 Å². The van der Waals surface area contributed by atoms with E-state index in [4.69, 9.17) is 9.15 Å². The van der Waals surface area contributed by atoms with Crippen molar-refractivity contribution >= 4 is 10.0 Å². The molecule has 2 N–H and O–H groups in total. The first-order valence-corrected chi connectivity index (χ1v) is 8.26. The zero-order valence-corrected chi connectivity index (χ0v) is 13.3. The number of sulfonamides is 1. The molecule has 0 saturated carbocycles. The lowest BCUT2D eigenvalue weighted by atomic mass is 10.3. The molecule has 7 heteroatoms. The van der Waals surface area contributed by atoms with Crippen molar-refractivity contribution in [2.24, 2.45) is 0 Å². The van der Waals surface area contributed by atoms with E-state index in [1.165, 1.54) is 6.07 Å². The average molecular weight is 304 g/mol. The number of furan rings is 1. The molecular weight excluding hydrogens is 280 g/mol. The van der Waals surface area contributed by atoms with Gasteiger partial charge in [-0.25, -0.2) is 13.1 Å². The van der Waals surface area contributed by atoms with Gasteiger partial charge >= 0.3 is 0 Å². The predicted octanol–water partition coefficient (Wildman–Crippen LogP) is 1.48. The van der Waals surface area contributed by atoms with Crippen LogP contribution >= 0.6 is 0 Å². The van der Waals surface area contributed by atoms with E-state index in [0.717, 1.165) is 0 Å². The molecule has 0 aliphatic rings. The Bertz CT molecular complexity index is 496. The second-order valence-corrected chi connectivity index (χ2v) is 6.57. The maximum Gasteiger partial charge on any atom is 0.274 e. The third-order valence-corrected chi connectivity index (χ3v) is 3.89. The van der Waals surface area contributed by atoms with Crippen molar-refractivity contribution in [3.63, 3.8) is 0 Å². The molecule has 0 spiro atoms. The SMILES string of the molecule is CCOC(C)CNS(=O)(=O)c1ccc(CNC(C)C)o1. The molecule has 1 aromatic rings. The summed E-state index contributed by atoms with van der Waals surface area (Å²) >= 11 is 0. The molecular formula is C13H24N2O4S. The topological polar surface area (TPSA) is 80.6 Å². The van der Waals surface area contributed by atoms with Gasteiger partial charge in [-0.2, -0.15) is 0 Å². The minimum absolute atomic E-state index is 0.0678.